The van der Waals surface area contributed by atoms with Crippen molar-refractivity contribution in [3.63, 3.8) is 0 Å². The van der Waals surface area contributed by atoms with Crippen LogP contribution in [0.3, 0.4) is 0 Å². The van der Waals surface area contributed by atoms with E-state index in [4.69, 9.17) is 4.74 Å². The summed E-state index contributed by atoms with van der Waals surface area (Å²) in [5, 5.41) is 12.3. The number of carbonyl (C=O) groups excluding carboxylic acids is 1. The van der Waals surface area contributed by atoms with Crippen molar-refractivity contribution < 1.29 is 19.0 Å². The zero-order chi connectivity index (χ0) is 21.5. The molecule has 0 aromatic heterocycles. The van der Waals surface area contributed by atoms with E-state index < -0.39 is 17.5 Å². The van der Waals surface area contributed by atoms with Crippen LogP contribution in [0.15, 0.2) is 60.7 Å². The Hall–Kier alpha value is -3.54. The summed E-state index contributed by atoms with van der Waals surface area (Å²) in [6.45, 7) is 5.32. The van der Waals surface area contributed by atoms with Gasteiger partial charge in [0, 0.05) is 34.6 Å². The van der Waals surface area contributed by atoms with Crippen LogP contribution in [0.1, 0.15) is 29.8 Å². The van der Waals surface area contributed by atoms with Crippen molar-refractivity contribution in [1.29, 1.82) is 0 Å². The molecular formula is C24H23FN2O3. The van der Waals surface area contributed by atoms with E-state index in [0.717, 1.165) is 18.3 Å². The number of methoxy groups -OCH3 is 1. The predicted octanol–water partition coefficient (Wildman–Crippen LogP) is 5.22. The molecule has 0 spiro atoms. The topological polar surface area (TPSA) is 61.8 Å². The van der Waals surface area contributed by atoms with Gasteiger partial charge in [0.05, 0.1) is 7.11 Å². The number of para-hydroxylation sites is 1. The highest BCUT2D eigenvalue weighted by atomic mass is 19.1. The van der Waals surface area contributed by atoms with E-state index in [1.807, 2.05) is 30.3 Å². The first kappa shape index (κ1) is 19.8. The number of nitrogens with zero attached hydrogens (tertiary/aromatic N) is 1. The van der Waals surface area contributed by atoms with Crippen molar-refractivity contribution in [2.75, 3.05) is 23.9 Å². The summed E-state index contributed by atoms with van der Waals surface area (Å²) in [5.74, 6) is -2.12. The number of phenols is 1. The second-order valence-corrected chi connectivity index (χ2v) is 8.00. The van der Waals surface area contributed by atoms with Gasteiger partial charge in [0.1, 0.15) is 0 Å². The summed E-state index contributed by atoms with van der Waals surface area (Å²) in [6.07, 6.45) is 0. The molecule has 1 aliphatic heterocycles. The zero-order valence-corrected chi connectivity index (χ0v) is 17.1. The molecule has 0 radical (unpaired) electrons. The Morgan fingerprint density at radius 1 is 1.13 bits per heavy atom. The summed E-state index contributed by atoms with van der Waals surface area (Å²) in [6, 6.07) is 18.2. The number of benzene rings is 3. The molecule has 0 saturated carbocycles. The monoisotopic (exact) mass is 406 g/mol. The van der Waals surface area contributed by atoms with Crippen molar-refractivity contribution in [2.45, 2.75) is 19.3 Å². The quantitative estimate of drug-likeness (QED) is 0.624. The molecule has 0 saturated heterocycles. The van der Waals surface area contributed by atoms with Crippen LogP contribution in [-0.4, -0.2) is 24.7 Å². The lowest BCUT2D eigenvalue weighted by molar-refractivity contribution is 0.102. The first-order valence-corrected chi connectivity index (χ1v) is 9.65. The van der Waals surface area contributed by atoms with E-state index in [1.165, 1.54) is 24.4 Å². The normalized spacial score (nSPS) is 14.3. The first-order valence-electron chi connectivity index (χ1n) is 9.65. The smallest absolute Gasteiger partial charge is 0.255 e. The Balaban J connectivity index is 1.54. The molecule has 30 heavy (non-hydrogen) atoms. The number of hydrogen-bond acceptors (Lipinski definition) is 4. The molecular weight excluding hydrogens is 383 g/mol. The van der Waals surface area contributed by atoms with E-state index >= 15 is 0 Å². The highest BCUT2D eigenvalue weighted by Crippen LogP contribution is 2.44. The highest BCUT2D eigenvalue weighted by molar-refractivity contribution is 6.04. The predicted molar refractivity (Wildman–Crippen MR) is 115 cm³/mol. The Labute approximate surface area is 174 Å². The largest absolute Gasteiger partial charge is 0.502 e. The molecule has 0 atom stereocenters. The molecule has 1 amide bonds. The van der Waals surface area contributed by atoms with Gasteiger partial charge in [0.15, 0.2) is 17.3 Å². The van der Waals surface area contributed by atoms with E-state index in [9.17, 15) is 14.3 Å². The highest BCUT2D eigenvalue weighted by Gasteiger charge is 2.35. The van der Waals surface area contributed by atoms with Crippen molar-refractivity contribution in [3.05, 3.63) is 77.6 Å². The number of fused-ring (bicyclic) bond motifs is 1. The van der Waals surface area contributed by atoms with Crippen LogP contribution in [0.25, 0.3) is 0 Å². The second kappa shape index (κ2) is 7.37. The molecule has 0 fully saturated rings. The third-order valence-electron chi connectivity index (χ3n) is 5.42. The van der Waals surface area contributed by atoms with E-state index in [1.54, 1.807) is 0 Å². The SMILES string of the molecule is COc1cc(C(=O)Nc2ccc(N3CC(C)(C)c4ccccc43)cc2)cc(F)c1O. The summed E-state index contributed by atoms with van der Waals surface area (Å²) < 4.78 is 18.7. The summed E-state index contributed by atoms with van der Waals surface area (Å²) in [7, 11) is 1.30. The third kappa shape index (κ3) is 3.45. The van der Waals surface area contributed by atoms with Gasteiger partial charge in [0.25, 0.3) is 5.91 Å². The molecule has 5 nitrogen and oxygen atoms in total. The van der Waals surface area contributed by atoms with Crippen LogP contribution in [0.4, 0.5) is 21.5 Å². The van der Waals surface area contributed by atoms with Gasteiger partial charge < -0.3 is 20.1 Å². The number of aromatic hydroxyl groups is 1. The van der Waals surface area contributed by atoms with Crippen molar-refractivity contribution >= 4 is 23.0 Å². The van der Waals surface area contributed by atoms with E-state index in [-0.39, 0.29) is 16.7 Å². The maximum atomic E-state index is 13.8. The molecule has 0 aliphatic carbocycles. The lowest BCUT2D eigenvalue weighted by Crippen LogP contribution is -2.24. The fraction of sp³-hybridized carbons (Fsp3) is 0.208. The molecule has 3 aromatic rings. The number of rotatable bonds is 4. The molecule has 3 aromatic carbocycles. The first-order chi connectivity index (χ1) is 14.3. The summed E-state index contributed by atoms with van der Waals surface area (Å²) in [5.41, 5.74) is 4.22. The lowest BCUT2D eigenvalue weighted by atomic mass is 9.87. The minimum absolute atomic E-state index is 0.0471. The Morgan fingerprint density at radius 3 is 2.53 bits per heavy atom. The number of amides is 1. The van der Waals surface area contributed by atoms with Gasteiger partial charge in [-0.05, 0) is 48.0 Å². The Kier molecular flexibility index (Phi) is 4.86. The number of carbonyl (C=O) groups is 1. The van der Waals surface area contributed by atoms with Crippen LogP contribution < -0.4 is 15.0 Å². The second-order valence-electron chi connectivity index (χ2n) is 8.00. The van der Waals surface area contributed by atoms with Gasteiger partial charge in [-0.25, -0.2) is 4.39 Å². The molecule has 154 valence electrons. The minimum atomic E-state index is -0.912. The summed E-state index contributed by atoms with van der Waals surface area (Å²) >= 11 is 0. The number of nitrogens with one attached hydrogen (secondary N) is 1. The Bertz CT molecular complexity index is 1110. The number of ether oxygens (including phenoxy) is 1. The van der Waals surface area contributed by atoms with Crippen LogP contribution in [0.2, 0.25) is 0 Å². The molecule has 0 unspecified atom stereocenters. The fourth-order valence-electron chi connectivity index (χ4n) is 3.87. The molecule has 1 aliphatic rings. The number of halogens is 1. The van der Waals surface area contributed by atoms with E-state index in [0.29, 0.717) is 5.69 Å². The molecule has 6 heteroatoms. The van der Waals surface area contributed by atoms with Crippen LogP contribution >= 0.6 is 0 Å². The zero-order valence-electron chi connectivity index (χ0n) is 17.1. The molecule has 1 heterocycles. The van der Waals surface area contributed by atoms with Gasteiger partial charge >= 0.3 is 0 Å². The number of phenolic OH excluding ortho intramolecular Hbond substituents is 1. The van der Waals surface area contributed by atoms with Crippen LogP contribution in [-0.2, 0) is 5.41 Å². The number of hydrogen-bond donors (Lipinski definition) is 2. The van der Waals surface area contributed by atoms with E-state index in [2.05, 4.69) is 42.3 Å². The van der Waals surface area contributed by atoms with Gasteiger partial charge in [-0.2, -0.15) is 0 Å². The van der Waals surface area contributed by atoms with Gasteiger partial charge in [-0.15, -0.1) is 0 Å². The average molecular weight is 406 g/mol. The van der Waals surface area contributed by atoms with Gasteiger partial charge in [0.2, 0.25) is 0 Å². The maximum absolute atomic E-state index is 13.8. The summed E-state index contributed by atoms with van der Waals surface area (Å²) in [4.78, 5) is 14.8. The van der Waals surface area contributed by atoms with Gasteiger partial charge in [-0.3, -0.25) is 4.79 Å². The van der Waals surface area contributed by atoms with Crippen LogP contribution in [0, 0.1) is 5.82 Å². The van der Waals surface area contributed by atoms with Crippen molar-refractivity contribution in [3.8, 4) is 11.5 Å². The number of anilines is 3. The minimum Gasteiger partial charge on any atom is -0.502 e. The third-order valence-corrected chi connectivity index (χ3v) is 5.42. The lowest BCUT2D eigenvalue weighted by Gasteiger charge is -2.23. The maximum Gasteiger partial charge on any atom is 0.255 e. The standard InChI is InChI=1S/C24H23FN2O3/c1-24(2)14-27(20-7-5-4-6-18(20)24)17-10-8-16(9-11-17)26-23(29)15-12-19(25)22(28)21(13-15)30-3/h4-13,28H,14H2,1-3H3,(H,26,29). The molecule has 4 rings (SSSR count). The average Bonchev–Trinajstić information content (AvgIpc) is 3.01. The van der Waals surface area contributed by atoms with Gasteiger partial charge in [-0.1, -0.05) is 32.0 Å². The van der Waals surface area contributed by atoms with Crippen molar-refractivity contribution in [1.82, 2.24) is 0 Å². The molecule has 0 bridgehead atoms. The fourth-order valence-corrected chi connectivity index (χ4v) is 3.87. The Morgan fingerprint density at radius 2 is 1.83 bits per heavy atom. The van der Waals surface area contributed by atoms with Crippen LogP contribution in [0.5, 0.6) is 11.5 Å². The molecule has 2 N–H and O–H groups in total. The van der Waals surface area contributed by atoms with Crippen molar-refractivity contribution in [2.24, 2.45) is 0 Å².